The number of hydrogen-bond donors (Lipinski definition) is 0. The summed E-state index contributed by atoms with van der Waals surface area (Å²) in [6.45, 7) is 9.22. The van der Waals surface area contributed by atoms with Crippen LogP contribution in [0.3, 0.4) is 0 Å². The molecule has 0 radical (unpaired) electrons. The molecular formula is C15H26O. The molecule has 0 aliphatic heterocycles. The van der Waals surface area contributed by atoms with Crippen LogP contribution >= 0.6 is 0 Å². The summed E-state index contributed by atoms with van der Waals surface area (Å²) in [5.41, 5.74) is 1.84. The van der Waals surface area contributed by atoms with Gasteiger partial charge in [-0.25, -0.2) is 0 Å². The van der Waals surface area contributed by atoms with Crippen LogP contribution in [0.15, 0.2) is 11.6 Å². The number of rotatable bonds is 5. The van der Waals surface area contributed by atoms with Crippen LogP contribution in [0.4, 0.5) is 0 Å². The zero-order valence-corrected chi connectivity index (χ0v) is 11.3. The minimum atomic E-state index is 0.330. The maximum absolute atomic E-state index is 11.1. The summed E-state index contributed by atoms with van der Waals surface area (Å²) in [6, 6.07) is 0. The molecule has 1 heteroatoms. The Morgan fingerprint density at radius 1 is 1.31 bits per heavy atom. The highest BCUT2D eigenvalue weighted by molar-refractivity contribution is 5.92. The Morgan fingerprint density at radius 2 is 2.00 bits per heavy atom. The fraction of sp³-hybridized carbons (Fsp3) is 0.800. The summed E-state index contributed by atoms with van der Waals surface area (Å²) >= 11 is 0. The molecule has 92 valence electrons. The SMILES string of the molecule is CC(CCCC(C)(C)C)CC1=CC(=O)CC1. The highest BCUT2D eigenvalue weighted by Crippen LogP contribution is 2.27. The van der Waals surface area contributed by atoms with Gasteiger partial charge < -0.3 is 0 Å². The highest BCUT2D eigenvalue weighted by Gasteiger charge is 2.15. The van der Waals surface area contributed by atoms with Crippen LogP contribution in [0.25, 0.3) is 0 Å². The van der Waals surface area contributed by atoms with Gasteiger partial charge in [-0.05, 0) is 36.7 Å². The van der Waals surface area contributed by atoms with Crippen LogP contribution in [0.2, 0.25) is 0 Å². The van der Waals surface area contributed by atoms with Gasteiger partial charge in [0.05, 0.1) is 0 Å². The second-order valence-electron chi connectivity index (χ2n) is 6.53. The molecule has 1 aliphatic carbocycles. The molecule has 0 bridgehead atoms. The van der Waals surface area contributed by atoms with E-state index in [-0.39, 0.29) is 0 Å². The summed E-state index contributed by atoms with van der Waals surface area (Å²) < 4.78 is 0. The fourth-order valence-corrected chi connectivity index (χ4v) is 2.35. The fourth-order valence-electron chi connectivity index (χ4n) is 2.35. The van der Waals surface area contributed by atoms with Crippen molar-refractivity contribution < 1.29 is 4.79 Å². The number of hydrogen-bond acceptors (Lipinski definition) is 1. The molecule has 0 N–H and O–H groups in total. The van der Waals surface area contributed by atoms with Gasteiger partial charge in [-0.15, -0.1) is 0 Å². The first-order chi connectivity index (χ1) is 7.37. The molecule has 0 spiro atoms. The van der Waals surface area contributed by atoms with E-state index in [0.717, 1.165) is 25.2 Å². The predicted octanol–water partition coefficient (Wildman–Crippen LogP) is 4.52. The van der Waals surface area contributed by atoms with Gasteiger partial charge >= 0.3 is 0 Å². The molecule has 0 saturated heterocycles. The van der Waals surface area contributed by atoms with Crippen molar-refractivity contribution in [3.05, 3.63) is 11.6 Å². The van der Waals surface area contributed by atoms with E-state index < -0.39 is 0 Å². The monoisotopic (exact) mass is 222 g/mol. The van der Waals surface area contributed by atoms with Crippen LogP contribution < -0.4 is 0 Å². The molecule has 1 aliphatic rings. The van der Waals surface area contributed by atoms with E-state index in [9.17, 15) is 4.79 Å². The van der Waals surface area contributed by atoms with Gasteiger partial charge in [0.15, 0.2) is 5.78 Å². The average molecular weight is 222 g/mol. The highest BCUT2D eigenvalue weighted by atomic mass is 16.1. The molecule has 0 saturated carbocycles. The Balaban J connectivity index is 2.19. The summed E-state index contributed by atoms with van der Waals surface area (Å²) in [5.74, 6) is 1.07. The lowest BCUT2D eigenvalue weighted by atomic mass is 9.87. The molecule has 1 rings (SSSR count). The Labute approximate surface area is 100 Å². The summed E-state index contributed by atoms with van der Waals surface area (Å²) in [6.07, 6.45) is 8.69. The lowest BCUT2D eigenvalue weighted by Gasteiger charge is -2.19. The van der Waals surface area contributed by atoms with Crippen molar-refractivity contribution in [3.63, 3.8) is 0 Å². The van der Waals surface area contributed by atoms with Gasteiger partial charge in [-0.1, -0.05) is 46.1 Å². The van der Waals surface area contributed by atoms with Gasteiger partial charge in [0.1, 0.15) is 0 Å². The smallest absolute Gasteiger partial charge is 0.155 e. The van der Waals surface area contributed by atoms with Crippen molar-refractivity contribution in [2.45, 2.75) is 66.2 Å². The van der Waals surface area contributed by atoms with Gasteiger partial charge in [0.25, 0.3) is 0 Å². The minimum Gasteiger partial charge on any atom is -0.295 e. The van der Waals surface area contributed by atoms with E-state index in [4.69, 9.17) is 0 Å². The minimum absolute atomic E-state index is 0.330. The Morgan fingerprint density at radius 3 is 2.50 bits per heavy atom. The second-order valence-corrected chi connectivity index (χ2v) is 6.53. The number of carbonyl (C=O) groups excluding carboxylic acids is 1. The van der Waals surface area contributed by atoms with Crippen molar-refractivity contribution in [1.29, 1.82) is 0 Å². The normalized spacial score (nSPS) is 18.8. The molecule has 0 heterocycles. The number of ketones is 1. The first kappa shape index (κ1) is 13.5. The van der Waals surface area contributed by atoms with E-state index in [2.05, 4.69) is 27.7 Å². The van der Waals surface area contributed by atoms with Crippen LogP contribution in [-0.4, -0.2) is 5.78 Å². The quantitative estimate of drug-likeness (QED) is 0.668. The Kier molecular flexibility index (Phi) is 4.76. The number of allylic oxidation sites excluding steroid dienone is 2. The van der Waals surface area contributed by atoms with Crippen molar-refractivity contribution >= 4 is 5.78 Å². The van der Waals surface area contributed by atoms with E-state index in [0.29, 0.717) is 11.2 Å². The average Bonchev–Trinajstić information content (AvgIpc) is 2.48. The molecule has 0 aromatic rings. The lowest BCUT2D eigenvalue weighted by molar-refractivity contribution is -0.114. The molecule has 1 atom stereocenters. The molecule has 1 nitrogen and oxygen atoms in total. The van der Waals surface area contributed by atoms with Gasteiger partial charge in [0, 0.05) is 6.42 Å². The standard InChI is InChI=1S/C15H26O/c1-12(6-5-9-15(2,3)4)10-13-7-8-14(16)11-13/h11-12H,5-10H2,1-4H3. The first-order valence-electron chi connectivity index (χ1n) is 6.59. The van der Waals surface area contributed by atoms with Crippen molar-refractivity contribution in [3.8, 4) is 0 Å². The third kappa shape index (κ3) is 5.48. The largest absolute Gasteiger partial charge is 0.295 e. The maximum atomic E-state index is 11.1. The molecule has 0 amide bonds. The van der Waals surface area contributed by atoms with Gasteiger partial charge in [-0.2, -0.15) is 0 Å². The van der Waals surface area contributed by atoms with Crippen molar-refractivity contribution in [1.82, 2.24) is 0 Å². The molecule has 0 aromatic heterocycles. The summed E-state index contributed by atoms with van der Waals surface area (Å²) in [7, 11) is 0. The molecule has 1 unspecified atom stereocenters. The molecular weight excluding hydrogens is 196 g/mol. The van der Waals surface area contributed by atoms with Crippen LogP contribution in [0, 0.1) is 11.3 Å². The van der Waals surface area contributed by atoms with Crippen LogP contribution in [0.1, 0.15) is 66.2 Å². The second kappa shape index (κ2) is 5.65. The summed E-state index contributed by atoms with van der Waals surface area (Å²) in [5, 5.41) is 0. The van der Waals surface area contributed by atoms with Crippen molar-refractivity contribution in [2.24, 2.45) is 11.3 Å². The topological polar surface area (TPSA) is 17.1 Å². The van der Waals surface area contributed by atoms with E-state index >= 15 is 0 Å². The summed E-state index contributed by atoms with van der Waals surface area (Å²) in [4.78, 5) is 11.1. The molecule has 0 aromatic carbocycles. The van der Waals surface area contributed by atoms with Gasteiger partial charge in [-0.3, -0.25) is 4.79 Å². The van der Waals surface area contributed by atoms with Gasteiger partial charge in [0.2, 0.25) is 0 Å². The van der Waals surface area contributed by atoms with Crippen LogP contribution in [0.5, 0.6) is 0 Å². The van der Waals surface area contributed by atoms with E-state index in [1.54, 1.807) is 0 Å². The molecule has 16 heavy (non-hydrogen) atoms. The predicted molar refractivity (Wildman–Crippen MR) is 69.4 cm³/mol. The van der Waals surface area contributed by atoms with Crippen LogP contribution in [-0.2, 0) is 4.79 Å². The Bertz CT molecular complexity index is 268. The Hall–Kier alpha value is -0.590. The van der Waals surface area contributed by atoms with E-state index in [1.807, 2.05) is 6.08 Å². The maximum Gasteiger partial charge on any atom is 0.155 e. The lowest BCUT2D eigenvalue weighted by Crippen LogP contribution is -2.06. The zero-order chi connectivity index (χ0) is 12.2. The zero-order valence-electron chi connectivity index (χ0n) is 11.3. The third-order valence-electron chi connectivity index (χ3n) is 3.29. The first-order valence-corrected chi connectivity index (χ1v) is 6.59. The van der Waals surface area contributed by atoms with E-state index in [1.165, 1.54) is 24.8 Å². The molecule has 0 fully saturated rings. The third-order valence-corrected chi connectivity index (χ3v) is 3.29. The number of carbonyl (C=O) groups is 1. The van der Waals surface area contributed by atoms with Crippen molar-refractivity contribution in [2.75, 3.05) is 0 Å².